The Morgan fingerprint density at radius 2 is 2.31 bits per heavy atom. The highest BCUT2D eigenvalue weighted by atomic mass is 32.1. The van der Waals surface area contributed by atoms with Crippen LogP contribution >= 0.6 is 11.3 Å². The lowest BCUT2D eigenvalue weighted by Crippen LogP contribution is -2.27. The molecule has 1 rings (SSSR count). The van der Waals surface area contributed by atoms with Gasteiger partial charge in [-0.2, -0.15) is 0 Å². The van der Waals surface area contributed by atoms with Crippen molar-refractivity contribution in [2.45, 2.75) is 19.9 Å². The van der Waals surface area contributed by atoms with Crippen LogP contribution in [0.4, 0.5) is 0 Å². The van der Waals surface area contributed by atoms with E-state index in [2.05, 4.69) is 36.7 Å². The number of hydrogen-bond donors (Lipinski definition) is 2. The molecule has 0 spiro atoms. The van der Waals surface area contributed by atoms with Crippen molar-refractivity contribution >= 4 is 11.3 Å². The third-order valence-electron chi connectivity index (χ3n) is 1.99. The zero-order valence-corrected chi connectivity index (χ0v) is 8.97. The second-order valence-corrected chi connectivity index (χ2v) is 4.39. The highest BCUT2D eigenvalue weighted by Gasteiger charge is 2.14. The molecule has 1 heterocycles. The van der Waals surface area contributed by atoms with E-state index in [4.69, 9.17) is 5.11 Å². The third kappa shape index (κ3) is 3.10. The van der Waals surface area contributed by atoms with Gasteiger partial charge >= 0.3 is 0 Å². The first-order chi connectivity index (χ1) is 6.25. The van der Waals surface area contributed by atoms with Crippen molar-refractivity contribution in [2.75, 3.05) is 13.2 Å². The minimum Gasteiger partial charge on any atom is -0.395 e. The lowest BCUT2D eigenvalue weighted by Gasteiger charge is -2.20. The first kappa shape index (κ1) is 10.7. The van der Waals surface area contributed by atoms with Gasteiger partial charge in [-0.3, -0.25) is 0 Å². The number of thiophene rings is 1. The SMILES string of the molecule is CC(C)C(NCCO)c1cccs1. The lowest BCUT2D eigenvalue weighted by molar-refractivity contribution is 0.275. The van der Waals surface area contributed by atoms with E-state index in [1.54, 1.807) is 11.3 Å². The molecule has 0 aliphatic heterocycles. The van der Waals surface area contributed by atoms with Crippen LogP contribution < -0.4 is 5.32 Å². The van der Waals surface area contributed by atoms with Crippen LogP contribution in [0.5, 0.6) is 0 Å². The van der Waals surface area contributed by atoms with Gasteiger partial charge in [0.15, 0.2) is 0 Å². The number of rotatable bonds is 5. The summed E-state index contributed by atoms with van der Waals surface area (Å²) in [6.07, 6.45) is 0. The van der Waals surface area contributed by atoms with Crippen molar-refractivity contribution in [3.05, 3.63) is 22.4 Å². The summed E-state index contributed by atoms with van der Waals surface area (Å²) in [4.78, 5) is 1.35. The molecule has 13 heavy (non-hydrogen) atoms. The maximum absolute atomic E-state index is 8.74. The average molecular weight is 199 g/mol. The second-order valence-electron chi connectivity index (χ2n) is 3.41. The summed E-state index contributed by atoms with van der Waals surface area (Å²) >= 11 is 1.77. The molecule has 0 aliphatic carbocycles. The number of nitrogens with one attached hydrogen (secondary N) is 1. The summed E-state index contributed by atoms with van der Waals surface area (Å²) < 4.78 is 0. The van der Waals surface area contributed by atoms with Gasteiger partial charge in [0.1, 0.15) is 0 Å². The van der Waals surface area contributed by atoms with Gasteiger partial charge in [0, 0.05) is 17.5 Å². The van der Waals surface area contributed by atoms with Gasteiger partial charge in [-0.15, -0.1) is 11.3 Å². The monoisotopic (exact) mass is 199 g/mol. The Morgan fingerprint density at radius 1 is 1.54 bits per heavy atom. The van der Waals surface area contributed by atoms with E-state index in [0.29, 0.717) is 18.5 Å². The van der Waals surface area contributed by atoms with Crippen LogP contribution in [-0.4, -0.2) is 18.3 Å². The summed E-state index contributed by atoms with van der Waals surface area (Å²) in [5.74, 6) is 0.560. The first-order valence-corrected chi connectivity index (χ1v) is 5.51. The Morgan fingerprint density at radius 3 is 2.77 bits per heavy atom. The highest BCUT2D eigenvalue weighted by Crippen LogP contribution is 2.25. The average Bonchev–Trinajstić information content (AvgIpc) is 2.57. The Balaban J connectivity index is 2.58. The number of hydrogen-bond acceptors (Lipinski definition) is 3. The van der Waals surface area contributed by atoms with Crippen molar-refractivity contribution in [3.63, 3.8) is 0 Å². The summed E-state index contributed by atoms with van der Waals surface area (Å²) in [6, 6.07) is 4.59. The molecule has 0 aromatic carbocycles. The maximum atomic E-state index is 8.74. The third-order valence-corrected chi connectivity index (χ3v) is 2.95. The van der Waals surface area contributed by atoms with E-state index in [1.165, 1.54) is 4.88 Å². The maximum Gasteiger partial charge on any atom is 0.0556 e. The molecule has 0 radical (unpaired) electrons. The quantitative estimate of drug-likeness (QED) is 0.760. The molecule has 0 saturated heterocycles. The zero-order valence-electron chi connectivity index (χ0n) is 8.16. The molecule has 74 valence electrons. The fourth-order valence-electron chi connectivity index (χ4n) is 1.35. The molecule has 0 saturated carbocycles. The Labute approximate surface area is 83.6 Å². The molecule has 0 aliphatic rings. The summed E-state index contributed by atoms with van der Waals surface area (Å²) in [7, 11) is 0. The van der Waals surface area contributed by atoms with Crippen LogP contribution in [0.2, 0.25) is 0 Å². The molecule has 1 unspecified atom stereocenters. The zero-order chi connectivity index (χ0) is 9.68. The standard InChI is InChI=1S/C10H17NOS/c1-8(2)10(11-5-6-12)9-4-3-7-13-9/h3-4,7-8,10-12H,5-6H2,1-2H3. The Hall–Kier alpha value is -0.380. The van der Waals surface area contributed by atoms with E-state index in [1.807, 2.05) is 0 Å². The smallest absolute Gasteiger partial charge is 0.0556 e. The van der Waals surface area contributed by atoms with Gasteiger partial charge in [-0.05, 0) is 17.4 Å². The predicted octanol–water partition coefficient (Wildman–Crippen LogP) is 2.03. The van der Waals surface area contributed by atoms with Crippen molar-refractivity contribution in [1.82, 2.24) is 5.32 Å². The van der Waals surface area contributed by atoms with Crippen LogP contribution in [0.15, 0.2) is 17.5 Å². The van der Waals surface area contributed by atoms with Gasteiger partial charge in [0.05, 0.1) is 6.61 Å². The Kier molecular flexibility index (Phi) is 4.42. The van der Waals surface area contributed by atoms with Crippen LogP contribution in [0.3, 0.4) is 0 Å². The van der Waals surface area contributed by atoms with Crippen LogP contribution in [0.25, 0.3) is 0 Å². The molecule has 2 N–H and O–H groups in total. The van der Waals surface area contributed by atoms with Gasteiger partial charge in [-0.25, -0.2) is 0 Å². The lowest BCUT2D eigenvalue weighted by atomic mass is 10.0. The largest absolute Gasteiger partial charge is 0.395 e. The van der Waals surface area contributed by atoms with Gasteiger partial charge in [0.2, 0.25) is 0 Å². The first-order valence-electron chi connectivity index (χ1n) is 4.63. The normalized spacial score (nSPS) is 13.5. The van der Waals surface area contributed by atoms with Gasteiger partial charge < -0.3 is 10.4 Å². The van der Waals surface area contributed by atoms with Crippen molar-refractivity contribution in [2.24, 2.45) is 5.92 Å². The van der Waals surface area contributed by atoms with Crippen molar-refractivity contribution < 1.29 is 5.11 Å². The van der Waals surface area contributed by atoms with Crippen LogP contribution in [0.1, 0.15) is 24.8 Å². The number of aliphatic hydroxyl groups is 1. The van der Waals surface area contributed by atoms with E-state index in [0.717, 1.165) is 0 Å². The highest BCUT2D eigenvalue weighted by molar-refractivity contribution is 7.10. The summed E-state index contributed by atoms with van der Waals surface area (Å²) in [6.45, 7) is 5.25. The minimum atomic E-state index is 0.203. The van der Waals surface area contributed by atoms with E-state index >= 15 is 0 Å². The predicted molar refractivity (Wildman–Crippen MR) is 57.0 cm³/mol. The molecule has 0 fully saturated rings. The van der Waals surface area contributed by atoms with E-state index in [-0.39, 0.29) is 6.61 Å². The molecule has 1 atom stereocenters. The van der Waals surface area contributed by atoms with Crippen LogP contribution in [-0.2, 0) is 0 Å². The molecule has 1 aromatic heterocycles. The van der Waals surface area contributed by atoms with E-state index in [9.17, 15) is 0 Å². The fourth-order valence-corrected chi connectivity index (χ4v) is 2.33. The molecular weight excluding hydrogens is 182 g/mol. The van der Waals surface area contributed by atoms with Crippen molar-refractivity contribution in [3.8, 4) is 0 Å². The van der Waals surface area contributed by atoms with Crippen LogP contribution in [0, 0.1) is 5.92 Å². The van der Waals surface area contributed by atoms with Crippen molar-refractivity contribution in [1.29, 1.82) is 0 Å². The molecule has 2 nitrogen and oxygen atoms in total. The second kappa shape index (κ2) is 5.37. The number of aliphatic hydroxyl groups excluding tert-OH is 1. The summed E-state index contributed by atoms with van der Waals surface area (Å²) in [5.41, 5.74) is 0. The van der Waals surface area contributed by atoms with E-state index < -0.39 is 0 Å². The molecule has 0 bridgehead atoms. The van der Waals surface area contributed by atoms with Gasteiger partial charge in [0.25, 0.3) is 0 Å². The molecule has 0 amide bonds. The van der Waals surface area contributed by atoms with Gasteiger partial charge in [-0.1, -0.05) is 19.9 Å². The fraction of sp³-hybridized carbons (Fsp3) is 0.600. The molecular formula is C10H17NOS. The summed E-state index contributed by atoms with van der Waals surface area (Å²) in [5, 5.41) is 14.2. The molecule has 3 heteroatoms. The minimum absolute atomic E-state index is 0.203. The molecule has 1 aromatic rings. The topological polar surface area (TPSA) is 32.3 Å². The Bertz CT molecular complexity index is 221.